The van der Waals surface area contributed by atoms with Crippen molar-refractivity contribution in [2.24, 2.45) is 0 Å². The molecule has 0 saturated heterocycles. The van der Waals surface area contributed by atoms with Crippen LogP contribution in [0.4, 0.5) is 4.79 Å². The van der Waals surface area contributed by atoms with Crippen molar-refractivity contribution in [2.75, 3.05) is 0 Å². The highest BCUT2D eigenvalue weighted by molar-refractivity contribution is 5.67. The molecule has 0 aliphatic rings. The Labute approximate surface area is 155 Å². The van der Waals surface area contributed by atoms with Crippen LogP contribution in [0.1, 0.15) is 50.5 Å². The fourth-order valence-corrected chi connectivity index (χ4v) is 2.43. The Hall–Kier alpha value is -2.53. The van der Waals surface area contributed by atoms with Crippen LogP contribution >= 0.6 is 0 Å². The van der Waals surface area contributed by atoms with Crippen molar-refractivity contribution in [3.05, 3.63) is 65.2 Å². The summed E-state index contributed by atoms with van der Waals surface area (Å²) < 4.78 is 11.2. The van der Waals surface area contributed by atoms with Crippen molar-refractivity contribution in [3.63, 3.8) is 0 Å². The number of hydrogen-bond donors (Lipinski definition) is 2. The molecule has 2 aromatic rings. The monoisotopic (exact) mass is 357 g/mol. The van der Waals surface area contributed by atoms with Crippen molar-refractivity contribution < 1.29 is 19.4 Å². The van der Waals surface area contributed by atoms with Gasteiger partial charge in [0.25, 0.3) is 0 Å². The summed E-state index contributed by atoms with van der Waals surface area (Å²) in [4.78, 5) is 11.8. The van der Waals surface area contributed by atoms with Crippen molar-refractivity contribution in [1.29, 1.82) is 0 Å². The molecule has 0 saturated carbocycles. The molecule has 0 aliphatic heterocycles. The maximum Gasteiger partial charge on any atom is 0.407 e. The lowest BCUT2D eigenvalue weighted by Gasteiger charge is -2.20. The van der Waals surface area contributed by atoms with Gasteiger partial charge in [-0.15, -0.1) is 0 Å². The maximum absolute atomic E-state index is 11.8. The predicted octanol–water partition coefficient (Wildman–Crippen LogP) is 4.34. The highest BCUT2D eigenvalue weighted by Gasteiger charge is 2.16. The van der Waals surface area contributed by atoms with Gasteiger partial charge < -0.3 is 19.9 Å². The number of aliphatic hydroxyl groups excluding tert-OH is 1. The first kappa shape index (κ1) is 19.8. The zero-order valence-electron chi connectivity index (χ0n) is 15.8. The number of aliphatic hydroxyl groups is 1. The van der Waals surface area contributed by atoms with Crippen LogP contribution in [0.3, 0.4) is 0 Å². The van der Waals surface area contributed by atoms with E-state index in [-0.39, 0.29) is 12.7 Å². The molecule has 0 heterocycles. The molecule has 0 bridgehead atoms. The second-order valence-corrected chi connectivity index (χ2v) is 7.17. The minimum absolute atomic E-state index is 0.0165. The summed E-state index contributed by atoms with van der Waals surface area (Å²) in [6.07, 6.45) is -0.599. The molecule has 1 atom stereocenters. The Morgan fingerprint density at radius 2 is 1.81 bits per heavy atom. The number of rotatable bonds is 6. The van der Waals surface area contributed by atoms with Crippen LogP contribution in [0.15, 0.2) is 48.5 Å². The summed E-state index contributed by atoms with van der Waals surface area (Å²) in [7, 11) is 0. The van der Waals surface area contributed by atoms with E-state index in [1.165, 1.54) is 0 Å². The van der Waals surface area contributed by atoms with E-state index in [4.69, 9.17) is 9.47 Å². The summed E-state index contributed by atoms with van der Waals surface area (Å²) in [5, 5.41) is 12.0. The van der Waals surface area contributed by atoms with Crippen LogP contribution in [0.2, 0.25) is 0 Å². The molecule has 1 unspecified atom stereocenters. The van der Waals surface area contributed by atoms with Crippen molar-refractivity contribution in [1.82, 2.24) is 5.32 Å². The normalized spacial score (nSPS) is 12.3. The summed E-state index contributed by atoms with van der Waals surface area (Å²) in [6, 6.07) is 15.3. The SMILES string of the molecule is CC(Oc1cccc(CO)c1)c1cccc(CNC(=O)OC(C)(C)C)c1. The molecule has 0 spiro atoms. The third-order valence-electron chi connectivity index (χ3n) is 3.65. The zero-order valence-corrected chi connectivity index (χ0v) is 15.8. The number of carbonyl (C=O) groups excluding carboxylic acids is 1. The van der Waals surface area contributed by atoms with Gasteiger partial charge in [0.1, 0.15) is 17.5 Å². The van der Waals surface area contributed by atoms with Crippen molar-refractivity contribution >= 4 is 6.09 Å². The van der Waals surface area contributed by atoms with Crippen molar-refractivity contribution in [3.8, 4) is 5.75 Å². The van der Waals surface area contributed by atoms with E-state index in [9.17, 15) is 9.90 Å². The van der Waals surface area contributed by atoms with E-state index in [1.54, 1.807) is 0 Å². The Kier molecular flexibility index (Phi) is 6.64. The first-order chi connectivity index (χ1) is 12.3. The van der Waals surface area contributed by atoms with E-state index < -0.39 is 11.7 Å². The Bertz CT molecular complexity index is 737. The summed E-state index contributed by atoms with van der Waals surface area (Å²) >= 11 is 0. The molecule has 140 valence electrons. The minimum Gasteiger partial charge on any atom is -0.486 e. The molecular weight excluding hydrogens is 330 g/mol. The number of carbonyl (C=O) groups is 1. The lowest BCUT2D eigenvalue weighted by Crippen LogP contribution is -2.32. The lowest BCUT2D eigenvalue weighted by atomic mass is 10.1. The molecule has 0 radical (unpaired) electrons. The van der Waals surface area contributed by atoms with Gasteiger partial charge in [-0.2, -0.15) is 0 Å². The van der Waals surface area contributed by atoms with Crippen LogP contribution in [0.5, 0.6) is 5.75 Å². The fraction of sp³-hybridized carbons (Fsp3) is 0.381. The van der Waals surface area contributed by atoms with Gasteiger partial charge in [-0.3, -0.25) is 0 Å². The molecule has 0 aliphatic carbocycles. The molecule has 0 aromatic heterocycles. The van der Waals surface area contributed by atoms with Gasteiger partial charge in [0.2, 0.25) is 0 Å². The molecule has 1 amide bonds. The first-order valence-electron chi connectivity index (χ1n) is 8.69. The van der Waals surface area contributed by atoms with Gasteiger partial charge in [0, 0.05) is 6.54 Å². The van der Waals surface area contributed by atoms with Crippen LogP contribution in [0, 0.1) is 0 Å². The van der Waals surface area contributed by atoms with Crippen LogP contribution < -0.4 is 10.1 Å². The summed E-state index contributed by atoms with van der Waals surface area (Å²) in [5.74, 6) is 0.710. The van der Waals surface area contributed by atoms with Gasteiger partial charge in [-0.05, 0) is 56.5 Å². The fourth-order valence-electron chi connectivity index (χ4n) is 2.43. The number of nitrogens with one attached hydrogen (secondary N) is 1. The smallest absolute Gasteiger partial charge is 0.407 e. The van der Waals surface area contributed by atoms with Crippen LogP contribution in [-0.4, -0.2) is 16.8 Å². The Balaban J connectivity index is 1.98. The number of alkyl carbamates (subject to hydrolysis) is 1. The lowest BCUT2D eigenvalue weighted by molar-refractivity contribution is 0.0523. The van der Waals surface area contributed by atoms with Gasteiger partial charge in [0.05, 0.1) is 6.61 Å². The van der Waals surface area contributed by atoms with E-state index >= 15 is 0 Å². The van der Waals surface area contributed by atoms with Crippen LogP contribution in [0.25, 0.3) is 0 Å². The molecule has 2 rings (SSSR count). The first-order valence-corrected chi connectivity index (χ1v) is 8.69. The van der Waals surface area contributed by atoms with E-state index in [0.29, 0.717) is 12.3 Å². The highest BCUT2D eigenvalue weighted by Crippen LogP contribution is 2.23. The third-order valence-corrected chi connectivity index (χ3v) is 3.65. The zero-order chi connectivity index (χ0) is 19.2. The number of ether oxygens (including phenoxy) is 2. The van der Waals surface area contributed by atoms with Crippen molar-refractivity contribution in [2.45, 2.75) is 52.6 Å². The van der Waals surface area contributed by atoms with E-state index in [2.05, 4.69) is 5.32 Å². The minimum atomic E-state index is -0.516. The van der Waals surface area contributed by atoms with E-state index in [0.717, 1.165) is 16.7 Å². The van der Waals surface area contributed by atoms with Gasteiger partial charge >= 0.3 is 6.09 Å². The maximum atomic E-state index is 11.8. The second kappa shape index (κ2) is 8.72. The van der Waals surface area contributed by atoms with E-state index in [1.807, 2.05) is 76.2 Å². The highest BCUT2D eigenvalue weighted by atomic mass is 16.6. The average molecular weight is 357 g/mol. The molecule has 26 heavy (non-hydrogen) atoms. The molecule has 5 nitrogen and oxygen atoms in total. The quantitative estimate of drug-likeness (QED) is 0.807. The number of benzene rings is 2. The number of amides is 1. The van der Waals surface area contributed by atoms with Gasteiger partial charge in [-0.25, -0.2) is 4.79 Å². The van der Waals surface area contributed by atoms with Gasteiger partial charge in [0.15, 0.2) is 0 Å². The summed E-state index contributed by atoms with van der Waals surface area (Å²) in [5.41, 5.74) is 2.26. The largest absolute Gasteiger partial charge is 0.486 e. The average Bonchev–Trinajstić information content (AvgIpc) is 2.59. The topological polar surface area (TPSA) is 67.8 Å². The molecule has 5 heteroatoms. The predicted molar refractivity (Wildman–Crippen MR) is 101 cm³/mol. The standard InChI is InChI=1S/C21H27NO4/c1-15(25-19-10-6-8-17(12-19)14-23)18-9-5-7-16(11-18)13-22-20(24)26-21(2,3)4/h5-12,15,23H,13-14H2,1-4H3,(H,22,24). The van der Waals surface area contributed by atoms with Crippen LogP contribution in [-0.2, 0) is 17.9 Å². The summed E-state index contributed by atoms with van der Waals surface area (Å²) in [6.45, 7) is 7.83. The third kappa shape index (κ3) is 6.41. The Morgan fingerprint density at radius 3 is 2.50 bits per heavy atom. The molecule has 0 fully saturated rings. The molecule has 2 aromatic carbocycles. The second-order valence-electron chi connectivity index (χ2n) is 7.17. The molecule has 2 N–H and O–H groups in total. The molecular formula is C21H27NO4. The van der Waals surface area contributed by atoms with Gasteiger partial charge in [-0.1, -0.05) is 36.4 Å². The number of hydrogen-bond acceptors (Lipinski definition) is 4. The Morgan fingerprint density at radius 1 is 1.12 bits per heavy atom.